The number of benzene rings is 1. The van der Waals surface area contributed by atoms with Gasteiger partial charge in [0.1, 0.15) is 0 Å². The van der Waals surface area contributed by atoms with Gasteiger partial charge in [0, 0.05) is 29.6 Å². The Balaban J connectivity index is 2.01. The van der Waals surface area contributed by atoms with Crippen LogP contribution in [0.3, 0.4) is 0 Å². The molecule has 1 saturated heterocycles. The predicted octanol–water partition coefficient (Wildman–Crippen LogP) is 2.13. The van der Waals surface area contributed by atoms with Crippen molar-refractivity contribution < 1.29 is 8.42 Å². The lowest BCUT2D eigenvalue weighted by Crippen LogP contribution is -2.36. The van der Waals surface area contributed by atoms with Crippen molar-refractivity contribution in [1.82, 2.24) is 9.62 Å². The van der Waals surface area contributed by atoms with Gasteiger partial charge in [-0.25, -0.2) is 13.1 Å². The fourth-order valence-electron chi connectivity index (χ4n) is 2.52. The first-order valence-corrected chi connectivity index (χ1v) is 9.00. The molecular weight excluding hydrogens is 328 g/mol. The normalized spacial score (nSPS) is 22.6. The summed E-state index contributed by atoms with van der Waals surface area (Å²) in [4.78, 5) is 2.31. The van der Waals surface area contributed by atoms with Gasteiger partial charge in [0.2, 0.25) is 10.0 Å². The highest BCUT2D eigenvalue weighted by Gasteiger charge is 2.28. The number of hydrogen-bond donors (Lipinski definition) is 1. The SMILES string of the molecule is C[C@H](c1cccc(Br)c1)N1CC[C@H](NS(C)(=O)=O)C1. The van der Waals surface area contributed by atoms with Crippen LogP contribution < -0.4 is 4.72 Å². The van der Waals surface area contributed by atoms with Gasteiger partial charge in [-0.05, 0) is 31.0 Å². The van der Waals surface area contributed by atoms with E-state index in [2.05, 4.69) is 44.6 Å². The van der Waals surface area contributed by atoms with Crippen molar-refractivity contribution in [3.05, 3.63) is 34.3 Å². The second-order valence-electron chi connectivity index (χ2n) is 5.10. The second-order valence-corrected chi connectivity index (χ2v) is 7.80. The first-order chi connectivity index (χ1) is 8.85. The molecule has 1 aromatic carbocycles. The van der Waals surface area contributed by atoms with E-state index in [0.717, 1.165) is 24.0 Å². The van der Waals surface area contributed by atoms with Crippen molar-refractivity contribution in [2.75, 3.05) is 19.3 Å². The summed E-state index contributed by atoms with van der Waals surface area (Å²) >= 11 is 3.48. The smallest absolute Gasteiger partial charge is 0.208 e. The molecule has 0 saturated carbocycles. The summed E-state index contributed by atoms with van der Waals surface area (Å²) in [5, 5.41) is 0. The molecule has 0 radical (unpaired) electrons. The summed E-state index contributed by atoms with van der Waals surface area (Å²) in [5.41, 5.74) is 1.24. The summed E-state index contributed by atoms with van der Waals surface area (Å²) < 4.78 is 26.2. The van der Waals surface area contributed by atoms with Crippen LogP contribution in [0.15, 0.2) is 28.7 Å². The molecular formula is C13H19BrN2O2S. The lowest BCUT2D eigenvalue weighted by atomic mass is 10.1. The van der Waals surface area contributed by atoms with Crippen LogP contribution in [0.25, 0.3) is 0 Å². The number of nitrogens with one attached hydrogen (secondary N) is 1. The van der Waals surface area contributed by atoms with E-state index >= 15 is 0 Å². The first-order valence-electron chi connectivity index (χ1n) is 6.32. The maximum absolute atomic E-state index is 11.2. The van der Waals surface area contributed by atoms with E-state index in [0.29, 0.717) is 6.04 Å². The average Bonchev–Trinajstić information content (AvgIpc) is 2.74. The van der Waals surface area contributed by atoms with E-state index in [4.69, 9.17) is 0 Å². The van der Waals surface area contributed by atoms with Gasteiger partial charge in [0.15, 0.2) is 0 Å². The maximum Gasteiger partial charge on any atom is 0.208 e. The monoisotopic (exact) mass is 346 g/mol. The molecule has 0 aliphatic carbocycles. The van der Waals surface area contributed by atoms with Crippen molar-refractivity contribution in [2.45, 2.75) is 25.4 Å². The van der Waals surface area contributed by atoms with Crippen LogP contribution in [0.2, 0.25) is 0 Å². The van der Waals surface area contributed by atoms with Gasteiger partial charge in [0.25, 0.3) is 0 Å². The third-order valence-electron chi connectivity index (χ3n) is 3.48. The van der Waals surface area contributed by atoms with Gasteiger partial charge in [0.05, 0.1) is 6.26 Å². The van der Waals surface area contributed by atoms with Gasteiger partial charge in [-0.3, -0.25) is 4.90 Å². The molecule has 106 valence electrons. The minimum atomic E-state index is -3.11. The Kier molecular flexibility index (Phi) is 4.66. The standard InChI is InChI=1S/C13H19BrN2O2S/c1-10(11-4-3-5-12(14)8-11)16-7-6-13(9-16)15-19(2,17)18/h3-5,8,10,13,15H,6-7,9H2,1-2H3/t10-,13+/m1/s1. The molecule has 1 fully saturated rings. The zero-order chi connectivity index (χ0) is 14.0. The van der Waals surface area contributed by atoms with Crippen LogP contribution in [0.1, 0.15) is 24.9 Å². The maximum atomic E-state index is 11.2. The molecule has 0 unspecified atom stereocenters. The van der Waals surface area contributed by atoms with Gasteiger partial charge in [-0.1, -0.05) is 28.1 Å². The van der Waals surface area contributed by atoms with E-state index in [1.165, 1.54) is 11.8 Å². The largest absolute Gasteiger partial charge is 0.295 e. The molecule has 19 heavy (non-hydrogen) atoms. The van der Waals surface area contributed by atoms with Crippen LogP contribution in [0, 0.1) is 0 Å². The van der Waals surface area contributed by atoms with Gasteiger partial charge < -0.3 is 0 Å². The van der Waals surface area contributed by atoms with E-state index in [-0.39, 0.29) is 6.04 Å². The van der Waals surface area contributed by atoms with E-state index in [1.54, 1.807) is 0 Å². The quantitative estimate of drug-likeness (QED) is 0.908. The third-order valence-corrected chi connectivity index (χ3v) is 4.73. The van der Waals surface area contributed by atoms with Crippen molar-refractivity contribution in [3.63, 3.8) is 0 Å². The van der Waals surface area contributed by atoms with E-state index in [9.17, 15) is 8.42 Å². The highest BCUT2D eigenvalue weighted by atomic mass is 79.9. The minimum Gasteiger partial charge on any atom is -0.295 e. The molecule has 1 aliphatic rings. The Bertz CT molecular complexity index is 547. The molecule has 4 nitrogen and oxygen atoms in total. The van der Waals surface area contributed by atoms with Crippen LogP contribution >= 0.6 is 15.9 Å². The molecule has 0 aromatic heterocycles. The second kappa shape index (κ2) is 5.91. The Morgan fingerprint density at radius 2 is 2.21 bits per heavy atom. The summed E-state index contributed by atoms with van der Waals surface area (Å²) in [6.07, 6.45) is 2.08. The average molecular weight is 347 g/mol. The number of hydrogen-bond acceptors (Lipinski definition) is 3. The van der Waals surface area contributed by atoms with Crippen molar-refractivity contribution in [3.8, 4) is 0 Å². The van der Waals surface area contributed by atoms with E-state index in [1.807, 2.05) is 12.1 Å². The minimum absolute atomic E-state index is 0.0320. The summed E-state index contributed by atoms with van der Waals surface area (Å²) in [6, 6.07) is 8.58. The Labute approximate surface area is 123 Å². The van der Waals surface area contributed by atoms with Crippen LogP contribution in [0.4, 0.5) is 0 Å². The Hall–Kier alpha value is -0.430. The summed E-state index contributed by atoms with van der Waals surface area (Å²) in [7, 11) is -3.11. The predicted molar refractivity (Wildman–Crippen MR) is 80.5 cm³/mol. The van der Waals surface area contributed by atoms with Gasteiger partial charge >= 0.3 is 0 Å². The molecule has 1 aliphatic heterocycles. The fraction of sp³-hybridized carbons (Fsp3) is 0.538. The molecule has 0 amide bonds. The highest BCUT2D eigenvalue weighted by Crippen LogP contribution is 2.26. The van der Waals surface area contributed by atoms with Crippen LogP contribution in [-0.2, 0) is 10.0 Å². The number of likely N-dealkylation sites (tertiary alicyclic amines) is 1. The lowest BCUT2D eigenvalue weighted by molar-refractivity contribution is 0.258. The highest BCUT2D eigenvalue weighted by molar-refractivity contribution is 9.10. The number of halogens is 1. The van der Waals surface area contributed by atoms with E-state index < -0.39 is 10.0 Å². The van der Waals surface area contributed by atoms with Gasteiger partial charge in [-0.15, -0.1) is 0 Å². The molecule has 2 atom stereocenters. The topological polar surface area (TPSA) is 49.4 Å². The van der Waals surface area contributed by atoms with Crippen molar-refractivity contribution >= 4 is 26.0 Å². The lowest BCUT2D eigenvalue weighted by Gasteiger charge is -2.25. The number of rotatable bonds is 4. The molecule has 0 bridgehead atoms. The molecule has 0 spiro atoms. The first kappa shape index (κ1) is 15.0. The zero-order valence-electron chi connectivity index (χ0n) is 11.1. The van der Waals surface area contributed by atoms with Crippen molar-refractivity contribution in [1.29, 1.82) is 0 Å². The zero-order valence-corrected chi connectivity index (χ0v) is 13.5. The number of nitrogens with zero attached hydrogens (tertiary/aromatic N) is 1. The third kappa shape index (κ3) is 4.27. The molecule has 2 rings (SSSR count). The van der Waals surface area contributed by atoms with Gasteiger partial charge in [-0.2, -0.15) is 0 Å². The van der Waals surface area contributed by atoms with Crippen LogP contribution in [0.5, 0.6) is 0 Å². The Morgan fingerprint density at radius 1 is 1.47 bits per heavy atom. The fourth-order valence-corrected chi connectivity index (χ4v) is 3.73. The summed E-state index contributed by atoms with van der Waals surface area (Å²) in [5.74, 6) is 0. The van der Waals surface area contributed by atoms with Crippen LogP contribution in [-0.4, -0.2) is 38.7 Å². The molecule has 6 heteroatoms. The summed E-state index contributed by atoms with van der Waals surface area (Å²) in [6.45, 7) is 3.84. The Morgan fingerprint density at radius 3 is 2.84 bits per heavy atom. The van der Waals surface area contributed by atoms with Crippen molar-refractivity contribution in [2.24, 2.45) is 0 Å². The number of sulfonamides is 1. The molecule has 1 heterocycles. The molecule has 1 aromatic rings. The molecule has 1 N–H and O–H groups in total.